The number of carbonyl (C=O) groups is 1. The zero-order valence-corrected chi connectivity index (χ0v) is 25.2. The van der Waals surface area contributed by atoms with Crippen molar-refractivity contribution in [3.05, 3.63) is 0 Å². The van der Waals surface area contributed by atoms with Crippen LogP contribution in [0.1, 0.15) is 133 Å². The van der Waals surface area contributed by atoms with E-state index in [0.717, 1.165) is 64.2 Å². The molecule has 0 saturated heterocycles. The molecule has 3 aliphatic carbocycles. The number of hydrogen-bond acceptors (Lipinski definition) is 4. The first-order chi connectivity index (χ1) is 16.4. The molecule has 4 nitrogen and oxygen atoms in total. The fourth-order valence-electron chi connectivity index (χ4n) is 9.65. The van der Waals surface area contributed by atoms with Crippen LogP contribution in [-0.2, 0) is 9.53 Å². The molecule has 8 atom stereocenters. The van der Waals surface area contributed by atoms with E-state index in [1.165, 1.54) is 0 Å². The number of ether oxygens (including phenoxy) is 1. The zero-order chi connectivity index (χ0) is 27.4. The first-order valence-electron chi connectivity index (χ1n) is 14.8. The molecule has 0 spiro atoms. The summed E-state index contributed by atoms with van der Waals surface area (Å²) in [6.07, 6.45) is 9.32. The number of aliphatic hydroxyl groups excluding tert-OH is 2. The number of aliphatic hydroxyl groups is 2. The third kappa shape index (κ3) is 5.04. The largest absolute Gasteiger partial charge is 0.461 e. The van der Waals surface area contributed by atoms with Crippen LogP contribution in [0, 0.1) is 44.8 Å². The zero-order valence-electron chi connectivity index (χ0n) is 25.2. The lowest BCUT2D eigenvalue weighted by atomic mass is 9.38. The van der Waals surface area contributed by atoms with Crippen LogP contribution in [0.3, 0.4) is 0 Å². The molecule has 36 heavy (non-hydrogen) atoms. The van der Waals surface area contributed by atoms with Crippen molar-refractivity contribution in [2.45, 2.75) is 151 Å². The summed E-state index contributed by atoms with van der Waals surface area (Å²) in [4.78, 5) is 11.7. The topological polar surface area (TPSA) is 66.8 Å². The molecule has 3 aliphatic rings. The molecule has 0 radical (unpaired) electrons. The summed E-state index contributed by atoms with van der Waals surface area (Å²) in [5.74, 6) is 1.17. The van der Waals surface area contributed by atoms with Crippen molar-refractivity contribution >= 4 is 6.47 Å². The monoisotopic (exact) mass is 506 g/mol. The highest BCUT2D eigenvalue weighted by atomic mass is 16.5. The van der Waals surface area contributed by atoms with Gasteiger partial charge in [0, 0.05) is 0 Å². The van der Waals surface area contributed by atoms with E-state index >= 15 is 0 Å². The summed E-state index contributed by atoms with van der Waals surface area (Å²) < 4.78 is 5.98. The van der Waals surface area contributed by atoms with Crippen molar-refractivity contribution in [1.82, 2.24) is 0 Å². The molecule has 0 aromatic carbocycles. The van der Waals surface area contributed by atoms with Crippen LogP contribution in [0.5, 0.6) is 0 Å². The van der Waals surface area contributed by atoms with Crippen molar-refractivity contribution in [1.29, 1.82) is 0 Å². The van der Waals surface area contributed by atoms with Crippen molar-refractivity contribution < 1.29 is 19.7 Å². The minimum absolute atomic E-state index is 0.0205. The Morgan fingerprint density at radius 1 is 1.03 bits per heavy atom. The van der Waals surface area contributed by atoms with Crippen molar-refractivity contribution in [3.63, 3.8) is 0 Å². The van der Waals surface area contributed by atoms with Gasteiger partial charge < -0.3 is 14.9 Å². The summed E-state index contributed by atoms with van der Waals surface area (Å²) in [6.45, 7) is 23.9. The summed E-state index contributed by atoms with van der Waals surface area (Å²) >= 11 is 0. The molecule has 210 valence electrons. The summed E-state index contributed by atoms with van der Waals surface area (Å²) in [7, 11) is 0. The summed E-state index contributed by atoms with van der Waals surface area (Å²) in [5, 5.41) is 21.6. The van der Waals surface area contributed by atoms with Gasteiger partial charge in [-0.1, -0.05) is 62.3 Å². The van der Waals surface area contributed by atoms with Gasteiger partial charge in [0.2, 0.25) is 0 Å². The average molecular weight is 507 g/mol. The number of carbonyl (C=O) groups excluding carboxylic acids is 1. The molecule has 1 unspecified atom stereocenters. The molecule has 4 heteroatoms. The maximum Gasteiger partial charge on any atom is 0.293 e. The molecule has 0 aliphatic heterocycles. The first-order valence-corrected chi connectivity index (χ1v) is 14.8. The molecule has 0 amide bonds. The van der Waals surface area contributed by atoms with E-state index in [1.54, 1.807) is 0 Å². The molecule has 3 fully saturated rings. The van der Waals surface area contributed by atoms with Crippen LogP contribution in [0.2, 0.25) is 0 Å². The van der Waals surface area contributed by atoms with Crippen LogP contribution in [0.25, 0.3) is 0 Å². The molecular formula is C32H58O4. The highest BCUT2D eigenvalue weighted by Crippen LogP contribution is 2.69. The van der Waals surface area contributed by atoms with Gasteiger partial charge in [0.05, 0.1) is 12.2 Å². The second-order valence-corrected chi connectivity index (χ2v) is 16.0. The van der Waals surface area contributed by atoms with Crippen molar-refractivity contribution in [2.24, 2.45) is 44.8 Å². The molecule has 0 bridgehead atoms. The van der Waals surface area contributed by atoms with Gasteiger partial charge in [-0.3, -0.25) is 4.79 Å². The lowest BCUT2D eigenvalue weighted by molar-refractivity contribution is -0.204. The van der Waals surface area contributed by atoms with Crippen LogP contribution < -0.4 is 0 Å². The fourth-order valence-corrected chi connectivity index (χ4v) is 9.65. The van der Waals surface area contributed by atoms with E-state index < -0.39 is 0 Å². The van der Waals surface area contributed by atoms with Gasteiger partial charge in [0.25, 0.3) is 6.47 Å². The second-order valence-electron chi connectivity index (χ2n) is 16.0. The maximum atomic E-state index is 11.7. The Labute approximate surface area is 222 Å². The molecule has 0 aromatic heterocycles. The third-order valence-corrected chi connectivity index (χ3v) is 12.6. The molecular weight excluding hydrogens is 448 g/mol. The Morgan fingerprint density at radius 3 is 2.22 bits per heavy atom. The highest BCUT2D eigenvalue weighted by molar-refractivity contribution is 5.38. The highest BCUT2D eigenvalue weighted by Gasteiger charge is 2.63. The Bertz CT molecular complexity index is 785. The Balaban J connectivity index is 1.92. The minimum Gasteiger partial charge on any atom is -0.461 e. The molecule has 0 heterocycles. The number of hydrogen-bond donors (Lipinski definition) is 2. The van der Waals surface area contributed by atoms with E-state index in [0.29, 0.717) is 29.6 Å². The van der Waals surface area contributed by atoms with E-state index in [-0.39, 0.29) is 39.5 Å². The Kier molecular flexibility index (Phi) is 8.19. The molecule has 3 rings (SSSR count). The van der Waals surface area contributed by atoms with E-state index in [2.05, 4.69) is 62.3 Å². The average Bonchev–Trinajstić information content (AvgIpc) is 2.74. The van der Waals surface area contributed by atoms with Crippen LogP contribution in [0.4, 0.5) is 0 Å². The normalized spacial score (nSPS) is 43.3. The number of fused-ring (bicyclic) bond motifs is 1. The molecule has 3 saturated carbocycles. The summed E-state index contributed by atoms with van der Waals surface area (Å²) in [6, 6.07) is 0. The minimum atomic E-state index is -0.372. The van der Waals surface area contributed by atoms with Gasteiger partial charge in [-0.05, 0) is 116 Å². The first kappa shape index (κ1) is 29.9. The van der Waals surface area contributed by atoms with Gasteiger partial charge in [-0.2, -0.15) is 0 Å². The third-order valence-electron chi connectivity index (χ3n) is 12.6. The predicted octanol–water partition coefficient (Wildman–Crippen LogP) is 7.54. The van der Waals surface area contributed by atoms with E-state index in [9.17, 15) is 15.0 Å². The van der Waals surface area contributed by atoms with Crippen LogP contribution in [-0.4, -0.2) is 34.5 Å². The Morgan fingerprint density at radius 2 is 1.67 bits per heavy atom. The van der Waals surface area contributed by atoms with E-state index in [4.69, 9.17) is 4.74 Å². The quantitative estimate of drug-likeness (QED) is 0.334. The van der Waals surface area contributed by atoms with Crippen molar-refractivity contribution in [3.8, 4) is 0 Å². The number of rotatable bonds is 8. The van der Waals surface area contributed by atoms with Crippen LogP contribution >= 0.6 is 0 Å². The van der Waals surface area contributed by atoms with Gasteiger partial charge >= 0.3 is 0 Å². The molecule has 2 N–H and O–H groups in total. The predicted molar refractivity (Wildman–Crippen MR) is 147 cm³/mol. The van der Waals surface area contributed by atoms with Gasteiger partial charge in [-0.25, -0.2) is 0 Å². The smallest absolute Gasteiger partial charge is 0.293 e. The SMILES string of the molecule is CC1CC(C)(C)CC[C@@]1(CCC(C)(C)[C@]1(C)CC[C@H]2C(C)(C)[C@@H](O)CC[C@]2(C)[C@H]1C[C@H](C)O)OC=O. The van der Waals surface area contributed by atoms with Gasteiger partial charge in [0.15, 0.2) is 0 Å². The van der Waals surface area contributed by atoms with Crippen LogP contribution in [0.15, 0.2) is 0 Å². The standard InChI is InChI=1S/C32H58O4/c1-22-20-27(3,4)15-17-32(22,36-21-33)18-16-28(5,6)31(10)14-11-24-29(7,8)26(35)12-13-30(24,9)25(31)19-23(2)34/h21-26,34-35H,11-20H2,1-10H3/t22?,23-,24-,25+,26-,30-,31+,32-/m0/s1. The lowest BCUT2D eigenvalue weighted by Gasteiger charge is -2.67. The van der Waals surface area contributed by atoms with E-state index in [1.807, 2.05) is 6.92 Å². The second kappa shape index (κ2) is 9.85. The fraction of sp³-hybridized carbons (Fsp3) is 0.969. The maximum absolute atomic E-state index is 11.7. The van der Waals surface area contributed by atoms with Gasteiger partial charge in [-0.15, -0.1) is 0 Å². The lowest BCUT2D eigenvalue weighted by Crippen LogP contribution is -2.61. The molecule has 0 aromatic rings. The Hall–Kier alpha value is -0.610. The van der Waals surface area contributed by atoms with Gasteiger partial charge in [0.1, 0.15) is 5.60 Å². The summed E-state index contributed by atoms with van der Waals surface area (Å²) in [5.41, 5.74) is -0.0301. The van der Waals surface area contributed by atoms with Crippen molar-refractivity contribution in [2.75, 3.05) is 0 Å².